The first kappa shape index (κ1) is 22.9. The lowest BCUT2D eigenvalue weighted by molar-refractivity contribution is 0.414. The van der Waals surface area contributed by atoms with Crippen LogP contribution in [0.5, 0.6) is 11.5 Å². The maximum atomic E-state index is 5.29. The zero-order valence-corrected chi connectivity index (χ0v) is 19.8. The number of benzene rings is 4. The molecule has 0 fully saturated rings. The first-order valence-electron chi connectivity index (χ1n) is 11.2. The van der Waals surface area contributed by atoms with Crippen LogP contribution >= 0.6 is 0 Å². The number of anilines is 2. The van der Waals surface area contributed by atoms with Gasteiger partial charge >= 0.3 is 0 Å². The normalized spacial score (nSPS) is 11.1. The Morgan fingerprint density at radius 1 is 0.500 bits per heavy atom. The molecule has 34 heavy (non-hydrogen) atoms. The average molecular weight is 448 g/mol. The molecule has 170 valence electrons. The van der Waals surface area contributed by atoms with Gasteiger partial charge in [-0.05, 0) is 70.8 Å². The van der Waals surface area contributed by atoms with Crippen LogP contribution in [0.1, 0.15) is 22.3 Å². The van der Waals surface area contributed by atoms with Gasteiger partial charge < -0.3 is 14.4 Å². The van der Waals surface area contributed by atoms with E-state index in [1.807, 2.05) is 42.5 Å². The van der Waals surface area contributed by atoms with Crippen LogP contribution in [0, 0.1) is 0 Å². The van der Waals surface area contributed by atoms with Gasteiger partial charge in [0.1, 0.15) is 11.5 Å². The Hall–Kier alpha value is -4.24. The monoisotopic (exact) mass is 447 g/mol. The van der Waals surface area contributed by atoms with E-state index in [4.69, 9.17) is 9.47 Å². The first-order chi connectivity index (χ1) is 16.6. The quantitative estimate of drug-likeness (QED) is 0.257. The van der Waals surface area contributed by atoms with Crippen LogP contribution in [-0.2, 0) is 0 Å². The molecular weight excluding hydrogens is 418 g/mol. The fraction of sp³-hybridized carbons (Fsp3) is 0.0968. The number of nitrogens with zero attached hydrogens (tertiary/aromatic N) is 1. The summed E-state index contributed by atoms with van der Waals surface area (Å²) < 4.78 is 10.5. The van der Waals surface area contributed by atoms with Crippen molar-refractivity contribution in [1.29, 1.82) is 0 Å². The van der Waals surface area contributed by atoms with E-state index >= 15 is 0 Å². The molecular formula is C31H29NO2. The number of methoxy groups -OCH3 is 2. The van der Waals surface area contributed by atoms with Gasteiger partial charge in [0.05, 0.1) is 14.2 Å². The molecule has 4 aromatic rings. The number of ether oxygens (including phenoxy) is 2. The van der Waals surface area contributed by atoms with Crippen molar-refractivity contribution >= 4 is 35.7 Å². The van der Waals surface area contributed by atoms with Gasteiger partial charge in [0.25, 0.3) is 0 Å². The number of rotatable bonds is 8. The Kier molecular flexibility index (Phi) is 7.46. The summed E-state index contributed by atoms with van der Waals surface area (Å²) in [6.45, 7) is 0. The highest BCUT2D eigenvalue weighted by Gasteiger charge is 2.03. The molecule has 3 nitrogen and oxygen atoms in total. The van der Waals surface area contributed by atoms with Crippen LogP contribution in [0.2, 0.25) is 0 Å². The second kappa shape index (κ2) is 11.1. The second-order valence-corrected chi connectivity index (χ2v) is 7.96. The van der Waals surface area contributed by atoms with Crippen molar-refractivity contribution < 1.29 is 9.47 Å². The maximum absolute atomic E-state index is 5.29. The predicted molar refractivity (Wildman–Crippen MR) is 145 cm³/mol. The van der Waals surface area contributed by atoms with Crippen LogP contribution in [0.25, 0.3) is 24.3 Å². The fourth-order valence-electron chi connectivity index (χ4n) is 3.61. The standard InChI is InChI=1S/C31H29NO2/c1-32(28-17-11-24(12-18-28)7-8-26-15-21-30(33-2)22-16-26)29-19-13-25(14-20-29)9-10-27-5-4-6-31(23-27)34-3/h4-23H,1-3H3/b8-7+,10-9+. The summed E-state index contributed by atoms with van der Waals surface area (Å²) in [5.74, 6) is 1.73. The molecule has 0 heterocycles. The Morgan fingerprint density at radius 3 is 1.41 bits per heavy atom. The van der Waals surface area contributed by atoms with Gasteiger partial charge in [-0.25, -0.2) is 0 Å². The average Bonchev–Trinajstić information content (AvgIpc) is 2.91. The number of hydrogen-bond donors (Lipinski definition) is 0. The molecule has 0 radical (unpaired) electrons. The summed E-state index contributed by atoms with van der Waals surface area (Å²) in [4.78, 5) is 2.19. The van der Waals surface area contributed by atoms with Crippen molar-refractivity contribution in [1.82, 2.24) is 0 Å². The highest BCUT2D eigenvalue weighted by atomic mass is 16.5. The molecule has 0 bridgehead atoms. The molecule has 0 spiro atoms. The van der Waals surface area contributed by atoms with Gasteiger partial charge in [0.15, 0.2) is 0 Å². The van der Waals surface area contributed by atoms with Gasteiger partial charge in [0.2, 0.25) is 0 Å². The lowest BCUT2D eigenvalue weighted by Gasteiger charge is -2.20. The van der Waals surface area contributed by atoms with Crippen molar-refractivity contribution in [3.05, 3.63) is 119 Å². The molecule has 0 aromatic heterocycles. The van der Waals surface area contributed by atoms with Gasteiger partial charge in [0, 0.05) is 18.4 Å². The van der Waals surface area contributed by atoms with Crippen molar-refractivity contribution in [2.75, 3.05) is 26.2 Å². The van der Waals surface area contributed by atoms with Crippen LogP contribution in [0.15, 0.2) is 97.1 Å². The van der Waals surface area contributed by atoms with E-state index in [0.717, 1.165) is 45.1 Å². The Morgan fingerprint density at radius 2 is 0.941 bits per heavy atom. The Bertz CT molecular complexity index is 1250. The minimum atomic E-state index is 0.862. The largest absolute Gasteiger partial charge is 0.497 e. The lowest BCUT2D eigenvalue weighted by Crippen LogP contribution is -2.08. The molecule has 0 aliphatic heterocycles. The van der Waals surface area contributed by atoms with E-state index < -0.39 is 0 Å². The summed E-state index contributed by atoms with van der Waals surface area (Å²) in [7, 11) is 5.45. The topological polar surface area (TPSA) is 21.7 Å². The van der Waals surface area contributed by atoms with Gasteiger partial charge in [-0.2, -0.15) is 0 Å². The second-order valence-electron chi connectivity index (χ2n) is 7.96. The van der Waals surface area contributed by atoms with Crippen LogP contribution < -0.4 is 14.4 Å². The molecule has 0 atom stereocenters. The fourth-order valence-corrected chi connectivity index (χ4v) is 3.61. The van der Waals surface area contributed by atoms with E-state index in [0.29, 0.717) is 0 Å². The third kappa shape index (κ3) is 5.96. The smallest absolute Gasteiger partial charge is 0.119 e. The third-order valence-electron chi connectivity index (χ3n) is 5.71. The highest BCUT2D eigenvalue weighted by molar-refractivity contribution is 5.73. The molecule has 4 aromatic carbocycles. The molecule has 0 aliphatic carbocycles. The lowest BCUT2D eigenvalue weighted by atomic mass is 10.1. The molecule has 0 saturated carbocycles. The molecule has 4 rings (SSSR count). The van der Waals surface area contributed by atoms with Gasteiger partial charge in [-0.15, -0.1) is 0 Å². The first-order valence-corrected chi connectivity index (χ1v) is 11.2. The molecule has 0 amide bonds. The van der Waals surface area contributed by atoms with Crippen LogP contribution in [0.4, 0.5) is 11.4 Å². The molecule has 0 unspecified atom stereocenters. The molecule has 0 N–H and O–H groups in total. The van der Waals surface area contributed by atoms with E-state index in [1.54, 1.807) is 14.2 Å². The molecule has 0 aliphatic rings. The molecule has 0 saturated heterocycles. The maximum Gasteiger partial charge on any atom is 0.119 e. The summed E-state index contributed by atoms with van der Waals surface area (Å²) in [5.41, 5.74) is 6.84. The number of hydrogen-bond acceptors (Lipinski definition) is 3. The SMILES string of the molecule is COc1ccc(/C=C/c2ccc(N(C)c3ccc(/C=C/c4cccc(OC)c4)cc3)cc2)cc1. The van der Waals surface area contributed by atoms with Gasteiger partial charge in [-0.3, -0.25) is 0 Å². The van der Waals surface area contributed by atoms with Crippen molar-refractivity contribution in [2.24, 2.45) is 0 Å². The van der Waals surface area contributed by atoms with Crippen LogP contribution in [0.3, 0.4) is 0 Å². The van der Waals surface area contributed by atoms with Crippen molar-refractivity contribution in [3.8, 4) is 11.5 Å². The van der Waals surface area contributed by atoms with E-state index in [-0.39, 0.29) is 0 Å². The summed E-state index contributed by atoms with van der Waals surface area (Å²) in [6.07, 6.45) is 8.44. The Balaban J connectivity index is 1.39. The molecule has 3 heteroatoms. The summed E-state index contributed by atoms with van der Waals surface area (Å²) in [5, 5.41) is 0. The van der Waals surface area contributed by atoms with E-state index in [2.05, 4.69) is 90.8 Å². The predicted octanol–water partition coefficient (Wildman–Crippen LogP) is 7.81. The Labute approximate surface area is 202 Å². The van der Waals surface area contributed by atoms with E-state index in [1.165, 1.54) is 0 Å². The third-order valence-corrected chi connectivity index (χ3v) is 5.71. The van der Waals surface area contributed by atoms with Crippen molar-refractivity contribution in [3.63, 3.8) is 0 Å². The van der Waals surface area contributed by atoms with E-state index in [9.17, 15) is 0 Å². The minimum absolute atomic E-state index is 0.862. The highest BCUT2D eigenvalue weighted by Crippen LogP contribution is 2.25. The van der Waals surface area contributed by atoms with Crippen LogP contribution in [-0.4, -0.2) is 21.3 Å². The summed E-state index contributed by atoms with van der Waals surface area (Å²) >= 11 is 0. The zero-order chi connectivity index (χ0) is 23.8. The minimum Gasteiger partial charge on any atom is -0.497 e. The van der Waals surface area contributed by atoms with Crippen molar-refractivity contribution in [2.45, 2.75) is 0 Å². The zero-order valence-electron chi connectivity index (χ0n) is 19.8. The summed E-state index contributed by atoms with van der Waals surface area (Å²) in [6, 6.07) is 33.2. The van der Waals surface area contributed by atoms with Gasteiger partial charge in [-0.1, -0.05) is 72.8 Å².